The number of hydrogen-bond acceptors (Lipinski definition) is 5. The van der Waals surface area contributed by atoms with Crippen molar-refractivity contribution in [3.63, 3.8) is 0 Å². The third-order valence-corrected chi connectivity index (χ3v) is 2.84. The zero-order chi connectivity index (χ0) is 11.0. The summed E-state index contributed by atoms with van der Waals surface area (Å²) in [7, 11) is 0. The Kier molecular flexibility index (Phi) is 2.25. The summed E-state index contributed by atoms with van der Waals surface area (Å²) in [6.45, 7) is 2.79. The van der Waals surface area contributed by atoms with Crippen LogP contribution in [0.25, 0.3) is 11.3 Å². The summed E-state index contributed by atoms with van der Waals surface area (Å²) in [6.07, 6.45) is 0.993. The molecule has 2 heterocycles. The van der Waals surface area contributed by atoms with Gasteiger partial charge in [0.1, 0.15) is 5.69 Å². The summed E-state index contributed by atoms with van der Waals surface area (Å²) in [5.74, 6) is 2.55. The summed E-state index contributed by atoms with van der Waals surface area (Å²) in [5, 5.41) is 5.93. The van der Waals surface area contributed by atoms with Crippen molar-refractivity contribution in [2.24, 2.45) is 0 Å². The zero-order valence-corrected chi connectivity index (χ0v) is 9.58. The lowest BCUT2D eigenvalue weighted by molar-refractivity contribution is 0.314. The van der Waals surface area contributed by atoms with Crippen molar-refractivity contribution in [3.05, 3.63) is 17.5 Å². The van der Waals surface area contributed by atoms with E-state index < -0.39 is 0 Å². The third-order valence-electron chi connectivity index (χ3n) is 2.34. The molecule has 4 nitrogen and oxygen atoms in total. The molecule has 82 valence electrons. The number of hydrogen-bond donors (Lipinski definition) is 0. The summed E-state index contributed by atoms with van der Waals surface area (Å²) in [5.41, 5.74) is 1.85. The average Bonchev–Trinajstić information content (AvgIpc) is 2.93. The molecule has 0 saturated heterocycles. The molecular weight excluding hydrogens is 224 g/mol. The van der Waals surface area contributed by atoms with Crippen LogP contribution >= 0.6 is 11.5 Å². The van der Waals surface area contributed by atoms with E-state index in [0.717, 1.165) is 34.9 Å². The van der Waals surface area contributed by atoms with Crippen LogP contribution in [0.3, 0.4) is 0 Å². The fraction of sp³-hybridized carbons (Fsp3) is 0.273. The van der Waals surface area contributed by atoms with E-state index in [2.05, 4.69) is 16.5 Å². The van der Waals surface area contributed by atoms with E-state index in [1.807, 2.05) is 17.5 Å². The molecule has 0 amide bonds. The predicted molar refractivity (Wildman–Crippen MR) is 61.2 cm³/mol. The van der Waals surface area contributed by atoms with Crippen molar-refractivity contribution in [2.75, 3.05) is 6.61 Å². The first-order valence-corrected chi connectivity index (χ1v) is 5.99. The Balaban J connectivity index is 1.90. The lowest BCUT2D eigenvalue weighted by Crippen LogP contribution is -1.93. The Hall–Kier alpha value is -1.62. The summed E-state index contributed by atoms with van der Waals surface area (Å²) in [4.78, 5) is 0. The molecule has 0 aliphatic carbocycles. The van der Waals surface area contributed by atoms with Gasteiger partial charge in [0.2, 0.25) is 5.75 Å². The highest BCUT2D eigenvalue weighted by molar-refractivity contribution is 7.03. The van der Waals surface area contributed by atoms with Gasteiger partial charge in [-0.2, -0.15) is 0 Å². The monoisotopic (exact) mass is 234 g/mol. The number of ether oxygens (including phenoxy) is 2. The van der Waals surface area contributed by atoms with Gasteiger partial charge in [0, 0.05) is 10.9 Å². The van der Waals surface area contributed by atoms with Gasteiger partial charge in [-0.1, -0.05) is 11.4 Å². The van der Waals surface area contributed by atoms with E-state index in [4.69, 9.17) is 9.47 Å². The van der Waals surface area contributed by atoms with Crippen LogP contribution in [-0.4, -0.2) is 16.2 Å². The number of benzene rings is 1. The summed E-state index contributed by atoms with van der Waals surface area (Å²) >= 11 is 1.34. The van der Waals surface area contributed by atoms with Gasteiger partial charge in [0.25, 0.3) is 0 Å². The molecule has 0 atom stereocenters. The first kappa shape index (κ1) is 9.59. The number of aromatic nitrogens is 2. The highest BCUT2D eigenvalue weighted by atomic mass is 32.1. The number of fused-ring (bicyclic) bond motifs is 1. The summed E-state index contributed by atoms with van der Waals surface area (Å²) in [6, 6.07) is 3.89. The fourth-order valence-corrected chi connectivity index (χ4v) is 1.99. The Labute approximate surface area is 97.0 Å². The lowest BCUT2D eigenvalue weighted by atomic mass is 10.2. The molecule has 0 spiro atoms. The molecule has 0 N–H and O–H groups in total. The Morgan fingerprint density at radius 3 is 3.06 bits per heavy atom. The lowest BCUT2D eigenvalue weighted by Gasteiger charge is -2.00. The van der Waals surface area contributed by atoms with E-state index in [1.165, 1.54) is 11.5 Å². The quantitative estimate of drug-likeness (QED) is 0.651. The first-order chi connectivity index (χ1) is 7.90. The maximum Gasteiger partial charge on any atom is 0.212 e. The van der Waals surface area contributed by atoms with Gasteiger partial charge >= 0.3 is 0 Å². The minimum atomic E-state index is 0.716. The van der Waals surface area contributed by atoms with E-state index in [0.29, 0.717) is 6.61 Å². The topological polar surface area (TPSA) is 47.5 Å². The minimum Gasteiger partial charge on any atom is -0.490 e. The van der Waals surface area contributed by atoms with Crippen molar-refractivity contribution in [1.29, 1.82) is 0 Å². The molecule has 0 radical (unpaired) electrons. The van der Waals surface area contributed by atoms with Crippen LogP contribution in [0.15, 0.2) is 17.5 Å². The molecule has 0 unspecified atom stereocenters. The zero-order valence-electron chi connectivity index (χ0n) is 8.77. The molecule has 1 aromatic heterocycles. The summed E-state index contributed by atoms with van der Waals surface area (Å²) < 4.78 is 14.8. The van der Waals surface area contributed by atoms with Gasteiger partial charge < -0.3 is 9.47 Å². The molecule has 1 aliphatic rings. The first-order valence-electron chi connectivity index (χ1n) is 5.15. The maximum absolute atomic E-state index is 5.55. The van der Waals surface area contributed by atoms with Crippen LogP contribution in [-0.2, 0) is 0 Å². The number of rotatable bonds is 4. The molecular formula is C11H10N2O2S. The van der Waals surface area contributed by atoms with Gasteiger partial charge in [-0.15, -0.1) is 5.10 Å². The average molecular weight is 234 g/mol. The second-order valence-electron chi connectivity index (χ2n) is 3.51. The molecule has 1 aliphatic heterocycles. The van der Waals surface area contributed by atoms with E-state index in [9.17, 15) is 0 Å². The van der Waals surface area contributed by atoms with Crippen molar-refractivity contribution in [2.45, 2.75) is 13.3 Å². The molecule has 5 heteroatoms. The third kappa shape index (κ3) is 1.53. The van der Waals surface area contributed by atoms with Crippen LogP contribution in [0.2, 0.25) is 0 Å². The highest BCUT2D eigenvalue weighted by Gasteiger charge is 2.31. The van der Waals surface area contributed by atoms with Gasteiger partial charge in [-0.25, -0.2) is 0 Å². The fourth-order valence-electron chi connectivity index (χ4n) is 1.54. The molecule has 0 fully saturated rings. The van der Waals surface area contributed by atoms with Crippen LogP contribution in [0.5, 0.6) is 17.2 Å². The largest absolute Gasteiger partial charge is 0.490 e. The highest BCUT2D eigenvalue weighted by Crippen LogP contribution is 2.57. The minimum absolute atomic E-state index is 0.716. The van der Waals surface area contributed by atoms with E-state index >= 15 is 0 Å². The Morgan fingerprint density at radius 1 is 1.38 bits per heavy atom. The van der Waals surface area contributed by atoms with Crippen LogP contribution in [0.1, 0.15) is 13.3 Å². The van der Waals surface area contributed by atoms with Gasteiger partial charge in [-0.05, 0) is 30.1 Å². The second-order valence-corrected chi connectivity index (χ2v) is 4.12. The van der Waals surface area contributed by atoms with E-state index in [1.54, 1.807) is 0 Å². The molecule has 1 aromatic carbocycles. The van der Waals surface area contributed by atoms with Crippen molar-refractivity contribution in [3.8, 4) is 28.5 Å². The maximum atomic E-state index is 5.55. The van der Waals surface area contributed by atoms with Gasteiger partial charge in [0.05, 0.1) is 6.61 Å². The van der Waals surface area contributed by atoms with Crippen LogP contribution < -0.4 is 9.47 Å². The molecule has 0 bridgehead atoms. The molecule has 3 rings (SSSR count). The second kappa shape index (κ2) is 3.75. The van der Waals surface area contributed by atoms with Crippen molar-refractivity contribution >= 4 is 11.5 Å². The molecule has 0 saturated carbocycles. The standard InChI is InChI=1S/C11H10N2O2S/c1-2-5-14-9-4-3-7(10-11(9)15-10)8-6-16-13-12-8/h3-4,6H,2,5H2,1H3. The van der Waals surface area contributed by atoms with Gasteiger partial charge in [0.15, 0.2) is 11.5 Å². The van der Waals surface area contributed by atoms with Gasteiger partial charge in [-0.3, -0.25) is 0 Å². The Bertz CT molecular complexity index is 511. The van der Waals surface area contributed by atoms with Crippen molar-refractivity contribution in [1.82, 2.24) is 9.59 Å². The predicted octanol–water partition coefficient (Wildman–Crippen LogP) is 3.10. The van der Waals surface area contributed by atoms with Crippen LogP contribution in [0.4, 0.5) is 0 Å². The van der Waals surface area contributed by atoms with Crippen LogP contribution in [0, 0.1) is 0 Å². The van der Waals surface area contributed by atoms with Crippen molar-refractivity contribution < 1.29 is 9.47 Å². The Morgan fingerprint density at radius 2 is 2.31 bits per heavy atom. The normalized spacial score (nSPS) is 11.8. The smallest absolute Gasteiger partial charge is 0.212 e. The molecule has 16 heavy (non-hydrogen) atoms. The number of nitrogens with zero attached hydrogens (tertiary/aromatic N) is 2. The molecule has 2 aromatic rings. The SMILES string of the molecule is CCCOc1ccc(-c2csnn2)c2c1O2. The van der Waals surface area contributed by atoms with E-state index in [-0.39, 0.29) is 0 Å².